The van der Waals surface area contributed by atoms with Crippen LogP contribution in [0.2, 0.25) is 0 Å². The summed E-state index contributed by atoms with van der Waals surface area (Å²) in [4.78, 5) is 10.1. The van der Waals surface area contributed by atoms with Crippen LogP contribution in [0.25, 0.3) is 0 Å². The average molecular weight is 484 g/mol. The SMILES string of the molecule is CNc1ccc(CNCOCCC2c3ccccc3N=C(N3CCCCC3)N2c2ccccc2)cc1. The van der Waals surface area contributed by atoms with Crippen molar-refractivity contribution in [2.24, 2.45) is 4.99 Å². The van der Waals surface area contributed by atoms with Crippen LogP contribution in [0, 0.1) is 0 Å². The maximum atomic E-state index is 6.08. The van der Waals surface area contributed by atoms with Gasteiger partial charge < -0.3 is 19.9 Å². The van der Waals surface area contributed by atoms with E-state index in [2.05, 4.69) is 99.3 Å². The molecule has 36 heavy (non-hydrogen) atoms. The van der Waals surface area contributed by atoms with Gasteiger partial charge in [-0.25, -0.2) is 4.99 Å². The minimum Gasteiger partial charge on any atom is -0.388 e. The normalized spacial score (nSPS) is 17.5. The van der Waals surface area contributed by atoms with Crippen LogP contribution < -0.4 is 15.5 Å². The van der Waals surface area contributed by atoms with Gasteiger partial charge in [-0.1, -0.05) is 48.5 Å². The monoisotopic (exact) mass is 483 g/mol. The van der Waals surface area contributed by atoms with Gasteiger partial charge in [0.15, 0.2) is 0 Å². The molecule has 3 aromatic rings. The first-order valence-corrected chi connectivity index (χ1v) is 13.2. The number of aliphatic imine (C=N–C) groups is 1. The molecule has 0 amide bonds. The van der Waals surface area contributed by atoms with E-state index in [1.165, 1.54) is 36.1 Å². The van der Waals surface area contributed by atoms with Crippen molar-refractivity contribution in [2.45, 2.75) is 38.3 Å². The Morgan fingerprint density at radius 3 is 2.42 bits per heavy atom. The van der Waals surface area contributed by atoms with E-state index in [1.807, 2.05) is 7.05 Å². The largest absolute Gasteiger partial charge is 0.388 e. The summed E-state index contributed by atoms with van der Waals surface area (Å²) in [5.74, 6) is 1.08. The minimum absolute atomic E-state index is 0.173. The molecule has 5 rings (SSSR count). The van der Waals surface area contributed by atoms with Gasteiger partial charge in [0.05, 0.1) is 25.1 Å². The number of benzene rings is 3. The van der Waals surface area contributed by atoms with Crippen molar-refractivity contribution in [3.8, 4) is 0 Å². The number of hydrogen-bond acceptors (Lipinski definition) is 6. The van der Waals surface area contributed by atoms with Crippen LogP contribution in [0.1, 0.15) is 42.9 Å². The number of guanidine groups is 1. The second kappa shape index (κ2) is 12.1. The molecule has 0 spiro atoms. The van der Waals surface area contributed by atoms with E-state index in [4.69, 9.17) is 9.73 Å². The van der Waals surface area contributed by atoms with Crippen LogP contribution in [0.15, 0.2) is 83.9 Å². The van der Waals surface area contributed by atoms with Crippen LogP contribution in [0.3, 0.4) is 0 Å². The number of fused-ring (bicyclic) bond motifs is 1. The first-order chi connectivity index (χ1) is 17.8. The van der Waals surface area contributed by atoms with Gasteiger partial charge in [0.25, 0.3) is 0 Å². The highest BCUT2D eigenvalue weighted by atomic mass is 16.5. The Morgan fingerprint density at radius 2 is 1.64 bits per heavy atom. The fourth-order valence-corrected chi connectivity index (χ4v) is 5.12. The Bertz CT molecular complexity index is 1130. The van der Waals surface area contributed by atoms with Crippen molar-refractivity contribution in [3.05, 3.63) is 90.0 Å². The minimum atomic E-state index is 0.173. The molecule has 188 valence electrons. The highest BCUT2D eigenvalue weighted by molar-refractivity contribution is 6.00. The second-order valence-corrected chi connectivity index (χ2v) is 9.45. The molecule has 0 aliphatic carbocycles. The third-order valence-corrected chi connectivity index (χ3v) is 7.03. The summed E-state index contributed by atoms with van der Waals surface area (Å²) >= 11 is 0. The highest BCUT2D eigenvalue weighted by Crippen LogP contribution is 2.40. The number of ether oxygens (including phenoxy) is 1. The van der Waals surface area contributed by atoms with Crippen LogP contribution >= 0.6 is 0 Å². The molecule has 0 bridgehead atoms. The van der Waals surface area contributed by atoms with Gasteiger partial charge in [-0.2, -0.15) is 0 Å². The predicted octanol–water partition coefficient (Wildman–Crippen LogP) is 5.92. The highest BCUT2D eigenvalue weighted by Gasteiger charge is 2.34. The molecule has 0 aromatic heterocycles. The third-order valence-electron chi connectivity index (χ3n) is 7.03. The Kier molecular flexibility index (Phi) is 8.16. The van der Waals surface area contributed by atoms with E-state index in [0.29, 0.717) is 13.3 Å². The molecule has 2 aliphatic heterocycles. The molecule has 2 N–H and O–H groups in total. The molecular formula is C30H37N5O. The van der Waals surface area contributed by atoms with Gasteiger partial charge in [-0.3, -0.25) is 5.32 Å². The predicted molar refractivity (Wildman–Crippen MR) is 149 cm³/mol. The van der Waals surface area contributed by atoms with Gasteiger partial charge in [-0.05, 0) is 61.6 Å². The zero-order chi connectivity index (χ0) is 24.6. The zero-order valence-electron chi connectivity index (χ0n) is 21.2. The molecule has 1 unspecified atom stereocenters. The van der Waals surface area contributed by atoms with Crippen LogP contribution in [0.5, 0.6) is 0 Å². The van der Waals surface area contributed by atoms with Gasteiger partial charge in [0.1, 0.15) is 0 Å². The smallest absolute Gasteiger partial charge is 0.206 e. The molecule has 6 heteroatoms. The number of hydrogen-bond donors (Lipinski definition) is 2. The quantitative estimate of drug-likeness (QED) is 0.292. The summed E-state index contributed by atoms with van der Waals surface area (Å²) in [6.07, 6.45) is 4.63. The lowest BCUT2D eigenvalue weighted by atomic mass is 9.97. The lowest BCUT2D eigenvalue weighted by molar-refractivity contribution is 0.109. The van der Waals surface area contributed by atoms with E-state index in [0.717, 1.165) is 43.4 Å². The second-order valence-electron chi connectivity index (χ2n) is 9.45. The summed E-state index contributed by atoms with van der Waals surface area (Å²) in [6, 6.07) is 27.9. The maximum absolute atomic E-state index is 6.08. The fourth-order valence-electron chi connectivity index (χ4n) is 5.12. The number of rotatable bonds is 9. The molecule has 3 aromatic carbocycles. The number of nitrogens with zero attached hydrogens (tertiary/aromatic N) is 3. The number of nitrogens with one attached hydrogen (secondary N) is 2. The standard InChI is InChI=1S/C30H37N5O/c1-31-25-16-14-24(15-17-25)22-32-23-36-21-18-29-27-12-6-7-13-28(27)33-30(34-19-8-3-9-20-34)35(29)26-10-4-2-5-11-26/h2,4-7,10-17,29,31-32H,3,8-9,18-23H2,1H3. The topological polar surface area (TPSA) is 52.1 Å². The van der Waals surface area contributed by atoms with E-state index >= 15 is 0 Å². The molecule has 1 fully saturated rings. The number of para-hydroxylation sites is 2. The van der Waals surface area contributed by atoms with Crippen molar-refractivity contribution in [1.29, 1.82) is 0 Å². The molecule has 1 saturated heterocycles. The molecule has 0 radical (unpaired) electrons. The van der Waals surface area contributed by atoms with Crippen molar-refractivity contribution >= 4 is 23.0 Å². The van der Waals surface area contributed by atoms with Gasteiger partial charge in [0.2, 0.25) is 5.96 Å². The number of piperidine rings is 1. The van der Waals surface area contributed by atoms with Gasteiger partial charge in [-0.15, -0.1) is 0 Å². The molecule has 2 heterocycles. The average Bonchev–Trinajstić information content (AvgIpc) is 2.95. The van der Waals surface area contributed by atoms with Gasteiger partial charge >= 0.3 is 0 Å². The molecular weight excluding hydrogens is 446 g/mol. The zero-order valence-corrected chi connectivity index (χ0v) is 21.2. The van der Waals surface area contributed by atoms with E-state index in [1.54, 1.807) is 0 Å². The number of likely N-dealkylation sites (tertiary alicyclic amines) is 1. The summed E-state index contributed by atoms with van der Waals surface area (Å²) in [5.41, 5.74) is 5.90. The molecule has 0 saturated carbocycles. The van der Waals surface area contributed by atoms with Crippen molar-refractivity contribution in [1.82, 2.24) is 10.2 Å². The Labute approximate surface area is 215 Å². The molecule has 2 aliphatic rings. The Balaban J connectivity index is 1.28. The fraction of sp³-hybridized carbons (Fsp3) is 0.367. The van der Waals surface area contributed by atoms with Crippen LogP contribution in [-0.2, 0) is 11.3 Å². The van der Waals surface area contributed by atoms with Crippen molar-refractivity contribution in [2.75, 3.05) is 43.7 Å². The third kappa shape index (κ3) is 5.72. The van der Waals surface area contributed by atoms with Gasteiger partial charge in [0, 0.05) is 43.6 Å². The molecule has 1 atom stereocenters. The lowest BCUT2D eigenvalue weighted by Gasteiger charge is -2.43. The molecule has 6 nitrogen and oxygen atoms in total. The van der Waals surface area contributed by atoms with E-state index < -0.39 is 0 Å². The first kappa shape index (κ1) is 24.3. The summed E-state index contributed by atoms with van der Waals surface area (Å²) in [5, 5.41) is 6.57. The van der Waals surface area contributed by atoms with Crippen molar-refractivity contribution < 1.29 is 4.74 Å². The lowest BCUT2D eigenvalue weighted by Crippen LogP contribution is -2.49. The van der Waals surface area contributed by atoms with E-state index in [-0.39, 0.29) is 6.04 Å². The Hall–Kier alpha value is -3.35. The Morgan fingerprint density at radius 1 is 0.889 bits per heavy atom. The maximum Gasteiger partial charge on any atom is 0.206 e. The summed E-state index contributed by atoms with van der Waals surface area (Å²) < 4.78 is 6.08. The summed E-state index contributed by atoms with van der Waals surface area (Å²) in [6.45, 7) is 4.11. The van der Waals surface area contributed by atoms with Crippen LogP contribution in [0.4, 0.5) is 17.1 Å². The van der Waals surface area contributed by atoms with Crippen LogP contribution in [-0.4, -0.2) is 44.3 Å². The van der Waals surface area contributed by atoms with Crippen molar-refractivity contribution in [3.63, 3.8) is 0 Å². The number of anilines is 2. The summed E-state index contributed by atoms with van der Waals surface area (Å²) in [7, 11) is 1.94. The first-order valence-electron chi connectivity index (χ1n) is 13.2. The van der Waals surface area contributed by atoms with E-state index in [9.17, 15) is 0 Å².